The van der Waals surface area contributed by atoms with Crippen molar-refractivity contribution < 1.29 is 4.79 Å². The Morgan fingerprint density at radius 2 is 1.60 bits per heavy atom. The summed E-state index contributed by atoms with van der Waals surface area (Å²) in [5.74, 6) is -0.0979. The van der Waals surface area contributed by atoms with Crippen molar-refractivity contribution >= 4 is 17.3 Å². The first-order valence-corrected chi connectivity index (χ1v) is 9.14. The summed E-state index contributed by atoms with van der Waals surface area (Å²) in [5, 5.41) is 3.07. The van der Waals surface area contributed by atoms with Crippen molar-refractivity contribution in [1.29, 1.82) is 0 Å². The number of hydrogen-bond acceptors (Lipinski definition) is 3. The Morgan fingerprint density at radius 3 is 2.24 bits per heavy atom. The summed E-state index contributed by atoms with van der Waals surface area (Å²) in [6.07, 6.45) is 8.50. The number of rotatable bonds is 3. The van der Waals surface area contributed by atoms with Crippen LogP contribution in [-0.2, 0) is 0 Å². The number of aromatic nitrogens is 1. The lowest BCUT2D eigenvalue weighted by Crippen LogP contribution is -2.24. The van der Waals surface area contributed by atoms with E-state index in [9.17, 15) is 4.79 Å². The van der Waals surface area contributed by atoms with Crippen LogP contribution >= 0.6 is 0 Å². The smallest absolute Gasteiger partial charge is 0.257 e. The lowest BCUT2D eigenvalue weighted by molar-refractivity contribution is 0.102. The van der Waals surface area contributed by atoms with Gasteiger partial charge in [0, 0.05) is 25.0 Å². The van der Waals surface area contributed by atoms with E-state index in [0.717, 1.165) is 35.6 Å². The van der Waals surface area contributed by atoms with E-state index in [1.54, 1.807) is 6.20 Å². The largest absolute Gasteiger partial charge is 0.370 e. The molecule has 2 heterocycles. The number of hydrogen-bond donors (Lipinski definition) is 1. The van der Waals surface area contributed by atoms with E-state index in [4.69, 9.17) is 0 Å². The quantitative estimate of drug-likeness (QED) is 0.887. The van der Waals surface area contributed by atoms with Gasteiger partial charge >= 0.3 is 0 Å². The number of carbonyl (C=O) groups excluding carboxylic acids is 1. The van der Waals surface area contributed by atoms with Crippen molar-refractivity contribution in [3.63, 3.8) is 0 Å². The van der Waals surface area contributed by atoms with Crippen LogP contribution in [0.15, 0.2) is 30.6 Å². The molecule has 2 aromatic rings. The van der Waals surface area contributed by atoms with Crippen LogP contribution < -0.4 is 10.2 Å². The van der Waals surface area contributed by atoms with Crippen molar-refractivity contribution in [2.75, 3.05) is 23.3 Å². The van der Waals surface area contributed by atoms with Gasteiger partial charge in [0.25, 0.3) is 5.91 Å². The second kappa shape index (κ2) is 7.68. The number of pyridine rings is 1. The molecule has 0 unspecified atom stereocenters. The van der Waals surface area contributed by atoms with Gasteiger partial charge in [-0.3, -0.25) is 9.78 Å². The molecule has 1 saturated heterocycles. The van der Waals surface area contributed by atoms with E-state index in [2.05, 4.69) is 34.3 Å². The van der Waals surface area contributed by atoms with E-state index in [1.165, 1.54) is 31.2 Å². The molecule has 0 bridgehead atoms. The van der Waals surface area contributed by atoms with E-state index in [0.29, 0.717) is 5.56 Å². The molecular formula is C21H27N3O. The summed E-state index contributed by atoms with van der Waals surface area (Å²) in [6, 6.07) is 6.15. The first-order chi connectivity index (χ1) is 12.0. The van der Waals surface area contributed by atoms with Gasteiger partial charge in [-0.2, -0.15) is 0 Å². The monoisotopic (exact) mass is 337 g/mol. The third-order valence-electron chi connectivity index (χ3n) is 4.87. The average molecular weight is 337 g/mol. The molecule has 4 heteroatoms. The highest BCUT2D eigenvalue weighted by Crippen LogP contribution is 2.24. The normalized spacial score (nSPS) is 14.9. The molecule has 1 amide bonds. The summed E-state index contributed by atoms with van der Waals surface area (Å²) in [7, 11) is 0. The molecule has 1 aromatic heterocycles. The van der Waals surface area contributed by atoms with Crippen LogP contribution in [0, 0.1) is 20.8 Å². The maximum atomic E-state index is 12.7. The molecule has 0 radical (unpaired) electrons. The standard InChI is InChI=1S/C21H27N3O/c1-15-10-16(2)20(17(3)11-15)23-21(25)18-12-19(14-22-13-18)24-8-6-4-5-7-9-24/h10-14H,4-9H2,1-3H3,(H,23,25). The zero-order valence-corrected chi connectivity index (χ0v) is 15.4. The summed E-state index contributed by atoms with van der Waals surface area (Å²) in [6.45, 7) is 8.22. The molecule has 1 N–H and O–H groups in total. The molecular weight excluding hydrogens is 310 g/mol. The molecule has 25 heavy (non-hydrogen) atoms. The molecule has 132 valence electrons. The highest BCUT2D eigenvalue weighted by atomic mass is 16.1. The van der Waals surface area contributed by atoms with Gasteiger partial charge in [-0.05, 0) is 50.8 Å². The van der Waals surface area contributed by atoms with Crippen LogP contribution in [0.3, 0.4) is 0 Å². The van der Waals surface area contributed by atoms with E-state index in [1.807, 2.05) is 26.1 Å². The molecule has 4 nitrogen and oxygen atoms in total. The Labute approximate surface area is 150 Å². The number of carbonyl (C=O) groups is 1. The summed E-state index contributed by atoms with van der Waals surface area (Å²) < 4.78 is 0. The van der Waals surface area contributed by atoms with Gasteiger partial charge in [-0.25, -0.2) is 0 Å². The molecule has 3 rings (SSSR count). The number of anilines is 2. The van der Waals surface area contributed by atoms with Crippen molar-refractivity contribution in [3.05, 3.63) is 52.8 Å². The first-order valence-electron chi connectivity index (χ1n) is 9.14. The van der Waals surface area contributed by atoms with E-state index >= 15 is 0 Å². The Kier molecular flexibility index (Phi) is 5.37. The van der Waals surface area contributed by atoms with E-state index < -0.39 is 0 Å². The van der Waals surface area contributed by atoms with E-state index in [-0.39, 0.29) is 5.91 Å². The fourth-order valence-electron chi connectivity index (χ4n) is 3.62. The van der Waals surface area contributed by atoms with Crippen LogP contribution in [0.5, 0.6) is 0 Å². The van der Waals surface area contributed by atoms with Gasteiger partial charge in [0.1, 0.15) is 0 Å². The molecule has 0 spiro atoms. The second-order valence-corrected chi connectivity index (χ2v) is 7.06. The minimum Gasteiger partial charge on any atom is -0.370 e. The van der Waals surface area contributed by atoms with Crippen LogP contribution in [0.1, 0.15) is 52.7 Å². The first kappa shape index (κ1) is 17.5. The molecule has 1 aliphatic rings. The van der Waals surface area contributed by atoms with Gasteiger partial charge in [0.05, 0.1) is 17.4 Å². The van der Waals surface area contributed by atoms with Gasteiger partial charge in [0.15, 0.2) is 0 Å². The fraction of sp³-hybridized carbons (Fsp3) is 0.429. The second-order valence-electron chi connectivity index (χ2n) is 7.06. The Hall–Kier alpha value is -2.36. The van der Waals surface area contributed by atoms with Crippen LogP contribution in [0.4, 0.5) is 11.4 Å². The minimum atomic E-state index is -0.0979. The van der Waals surface area contributed by atoms with Gasteiger partial charge in [0.2, 0.25) is 0 Å². The number of benzene rings is 1. The lowest BCUT2D eigenvalue weighted by atomic mass is 10.0. The zero-order valence-electron chi connectivity index (χ0n) is 15.4. The third kappa shape index (κ3) is 4.19. The lowest BCUT2D eigenvalue weighted by Gasteiger charge is -2.22. The molecule has 0 atom stereocenters. The SMILES string of the molecule is Cc1cc(C)c(NC(=O)c2cncc(N3CCCCCC3)c2)c(C)c1. The molecule has 0 saturated carbocycles. The number of amides is 1. The van der Waals surface area contributed by atoms with Crippen molar-refractivity contribution in [3.8, 4) is 0 Å². The molecule has 1 fully saturated rings. The van der Waals surface area contributed by atoms with Gasteiger partial charge in [-0.1, -0.05) is 30.5 Å². The van der Waals surface area contributed by atoms with Crippen LogP contribution in [0.2, 0.25) is 0 Å². The highest BCUT2D eigenvalue weighted by molar-refractivity contribution is 6.05. The maximum Gasteiger partial charge on any atom is 0.257 e. The van der Waals surface area contributed by atoms with Crippen molar-refractivity contribution in [1.82, 2.24) is 4.98 Å². The van der Waals surface area contributed by atoms with Crippen molar-refractivity contribution in [2.24, 2.45) is 0 Å². The number of nitrogens with one attached hydrogen (secondary N) is 1. The Morgan fingerprint density at radius 1 is 0.960 bits per heavy atom. The predicted octanol–water partition coefficient (Wildman–Crippen LogP) is 4.64. The zero-order chi connectivity index (χ0) is 17.8. The summed E-state index contributed by atoms with van der Waals surface area (Å²) >= 11 is 0. The third-order valence-corrected chi connectivity index (χ3v) is 4.87. The van der Waals surface area contributed by atoms with Crippen LogP contribution in [-0.4, -0.2) is 24.0 Å². The van der Waals surface area contributed by atoms with Crippen LogP contribution in [0.25, 0.3) is 0 Å². The fourth-order valence-corrected chi connectivity index (χ4v) is 3.62. The molecule has 0 aliphatic carbocycles. The molecule has 1 aliphatic heterocycles. The van der Waals surface area contributed by atoms with Gasteiger partial charge in [-0.15, -0.1) is 0 Å². The predicted molar refractivity (Wildman–Crippen MR) is 104 cm³/mol. The minimum absolute atomic E-state index is 0.0979. The average Bonchev–Trinajstić information content (AvgIpc) is 2.87. The Balaban J connectivity index is 1.80. The Bertz CT molecular complexity index is 738. The summed E-state index contributed by atoms with van der Waals surface area (Å²) in [5.41, 5.74) is 5.94. The molecule has 1 aromatic carbocycles. The highest BCUT2D eigenvalue weighted by Gasteiger charge is 2.14. The van der Waals surface area contributed by atoms with Gasteiger partial charge < -0.3 is 10.2 Å². The number of aryl methyl sites for hydroxylation is 3. The number of nitrogens with zero attached hydrogens (tertiary/aromatic N) is 2. The topological polar surface area (TPSA) is 45.2 Å². The van der Waals surface area contributed by atoms with Crippen molar-refractivity contribution in [2.45, 2.75) is 46.5 Å². The summed E-state index contributed by atoms with van der Waals surface area (Å²) in [4.78, 5) is 19.4. The maximum absolute atomic E-state index is 12.7.